The first-order valence-corrected chi connectivity index (χ1v) is 7.04. The predicted molar refractivity (Wildman–Crippen MR) is 87.4 cm³/mol. The van der Waals surface area contributed by atoms with Crippen LogP contribution in [0.3, 0.4) is 0 Å². The van der Waals surface area contributed by atoms with E-state index < -0.39 is 0 Å². The number of anilines is 2. The maximum absolute atomic E-state index is 6.24. The summed E-state index contributed by atoms with van der Waals surface area (Å²) in [6.45, 7) is 2.04. The molecule has 0 radical (unpaired) electrons. The van der Waals surface area contributed by atoms with Gasteiger partial charge in [-0.05, 0) is 36.8 Å². The van der Waals surface area contributed by atoms with Gasteiger partial charge in [-0.3, -0.25) is 0 Å². The van der Waals surface area contributed by atoms with Crippen molar-refractivity contribution in [2.75, 3.05) is 11.1 Å². The number of fused-ring (bicyclic) bond motifs is 1. The fourth-order valence-electron chi connectivity index (χ4n) is 2.30. The smallest absolute Gasteiger partial charge is 0.137 e. The second kappa shape index (κ2) is 5.58. The molecule has 0 fully saturated rings. The molecular weight excluding hydrogens is 284 g/mol. The molecule has 3 aromatic rings. The predicted octanol–water partition coefficient (Wildman–Crippen LogP) is 4.04. The van der Waals surface area contributed by atoms with Crippen LogP contribution in [-0.4, -0.2) is 9.97 Å². The number of rotatable bonds is 3. The summed E-state index contributed by atoms with van der Waals surface area (Å²) in [5.74, 6) is 0.750. The lowest BCUT2D eigenvalue weighted by atomic mass is 10.1. The van der Waals surface area contributed by atoms with Crippen LogP contribution < -0.4 is 11.1 Å². The molecule has 0 saturated heterocycles. The molecule has 3 N–H and O–H groups in total. The molecule has 1 unspecified atom stereocenters. The molecule has 21 heavy (non-hydrogen) atoms. The van der Waals surface area contributed by atoms with Crippen LogP contribution in [0.2, 0.25) is 5.02 Å². The van der Waals surface area contributed by atoms with Crippen LogP contribution in [0.1, 0.15) is 18.5 Å². The highest BCUT2D eigenvalue weighted by atomic mass is 35.5. The summed E-state index contributed by atoms with van der Waals surface area (Å²) in [6, 6.07) is 13.4. The van der Waals surface area contributed by atoms with E-state index in [1.165, 1.54) is 0 Å². The molecule has 0 aliphatic rings. The van der Waals surface area contributed by atoms with Crippen LogP contribution in [0.15, 0.2) is 48.8 Å². The van der Waals surface area contributed by atoms with Gasteiger partial charge in [-0.2, -0.15) is 0 Å². The molecule has 0 aliphatic heterocycles. The molecule has 0 spiro atoms. The number of hydrogen-bond donors (Lipinski definition) is 2. The highest BCUT2D eigenvalue weighted by Gasteiger charge is 2.11. The van der Waals surface area contributed by atoms with Crippen molar-refractivity contribution in [3.63, 3.8) is 0 Å². The van der Waals surface area contributed by atoms with Gasteiger partial charge in [0.1, 0.15) is 12.1 Å². The van der Waals surface area contributed by atoms with Crippen molar-refractivity contribution in [1.82, 2.24) is 9.97 Å². The maximum Gasteiger partial charge on any atom is 0.137 e. The standard InChI is InChI=1S/C16H15ClN4/c1-10(12-4-2-3-5-14(12)17)21-16-13-8-11(18)6-7-15(13)19-9-20-16/h2-10H,18H2,1H3,(H,19,20,21). The van der Waals surface area contributed by atoms with Crippen molar-refractivity contribution in [2.45, 2.75) is 13.0 Å². The zero-order valence-electron chi connectivity index (χ0n) is 11.5. The van der Waals surface area contributed by atoms with E-state index >= 15 is 0 Å². The fraction of sp³-hybridized carbons (Fsp3) is 0.125. The van der Waals surface area contributed by atoms with Crippen LogP contribution in [0.4, 0.5) is 11.5 Å². The first kappa shape index (κ1) is 13.6. The Balaban J connectivity index is 1.98. The summed E-state index contributed by atoms with van der Waals surface area (Å²) in [6.07, 6.45) is 1.54. The van der Waals surface area contributed by atoms with E-state index in [1.54, 1.807) is 6.33 Å². The number of benzene rings is 2. The van der Waals surface area contributed by atoms with Gasteiger partial charge in [0, 0.05) is 16.1 Å². The van der Waals surface area contributed by atoms with Crippen LogP contribution in [0, 0.1) is 0 Å². The van der Waals surface area contributed by atoms with Crippen molar-refractivity contribution < 1.29 is 0 Å². The first-order chi connectivity index (χ1) is 10.1. The number of nitrogens with one attached hydrogen (secondary N) is 1. The van der Waals surface area contributed by atoms with Crippen molar-refractivity contribution in [3.8, 4) is 0 Å². The summed E-state index contributed by atoms with van der Waals surface area (Å²) < 4.78 is 0. The number of nitrogen functional groups attached to an aromatic ring is 1. The monoisotopic (exact) mass is 298 g/mol. The maximum atomic E-state index is 6.24. The Morgan fingerprint density at radius 2 is 1.95 bits per heavy atom. The highest BCUT2D eigenvalue weighted by Crippen LogP contribution is 2.28. The van der Waals surface area contributed by atoms with Crippen LogP contribution in [0.25, 0.3) is 10.9 Å². The van der Waals surface area contributed by atoms with Gasteiger partial charge < -0.3 is 11.1 Å². The van der Waals surface area contributed by atoms with Gasteiger partial charge in [0.15, 0.2) is 0 Å². The van der Waals surface area contributed by atoms with Gasteiger partial charge in [0.25, 0.3) is 0 Å². The van der Waals surface area contributed by atoms with E-state index in [2.05, 4.69) is 15.3 Å². The first-order valence-electron chi connectivity index (χ1n) is 6.66. The number of nitrogens with two attached hydrogens (primary N) is 1. The molecule has 1 heterocycles. The second-order valence-electron chi connectivity index (χ2n) is 4.89. The second-order valence-corrected chi connectivity index (χ2v) is 5.29. The van der Waals surface area contributed by atoms with Gasteiger partial charge in [-0.25, -0.2) is 9.97 Å². The van der Waals surface area contributed by atoms with Crippen molar-refractivity contribution in [2.24, 2.45) is 0 Å². The Bertz CT molecular complexity index is 788. The summed E-state index contributed by atoms with van der Waals surface area (Å²) >= 11 is 6.24. The molecule has 5 heteroatoms. The lowest BCUT2D eigenvalue weighted by molar-refractivity contribution is 0.876. The van der Waals surface area contributed by atoms with Crippen LogP contribution in [0.5, 0.6) is 0 Å². The minimum absolute atomic E-state index is 0.0261. The Morgan fingerprint density at radius 1 is 1.14 bits per heavy atom. The third-order valence-corrected chi connectivity index (χ3v) is 3.73. The van der Waals surface area contributed by atoms with Crippen molar-refractivity contribution >= 4 is 34.0 Å². The molecule has 2 aromatic carbocycles. The zero-order chi connectivity index (χ0) is 14.8. The summed E-state index contributed by atoms with van der Waals surface area (Å²) in [7, 11) is 0. The molecule has 1 aromatic heterocycles. The van der Waals surface area contributed by atoms with Gasteiger partial charge in [-0.1, -0.05) is 29.8 Å². The van der Waals surface area contributed by atoms with Crippen LogP contribution >= 0.6 is 11.6 Å². The van der Waals surface area contributed by atoms with Crippen molar-refractivity contribution in [3.05, 3.63) is 59.4 Å². The molecule has 0 bridgehead atoms. The highest BCUT2D eigenvalue weighted by molar-refractivity contribution is 6.31. The van der Waals surface area contributed by atoms with Crippen LogP contribution in [-0.2, 0) is 0 Å². The SMILES string of the molecule is CC(Nc1ncnc2ccc(N)cc12)c1ccccc1Cl. The molecule has 0 saturated carbocycles. The van der Waals surface area contributed by atoms with E-state index in [4.69, 9.17) is 17.3 Å². The lowest BCUT2D eigenvalue weighted by Crippen LogP contribution is -2.09. The Labute approximate surface area is 128 Å². The van der Waals surface area contributed by atoms with E-state index in [0.29, 0.717) is 5.69 Å². The molecule has 0 aliphatic carbocycles. The quantitative estimate of drug-likeness (QED) is 0.716. The van der Waals surface area contributed by atoms with Crippen molar-refractivity contribution in [1.29, 1.82) is 0 Å². The number of nitrogens with zero attached hydrogens (tertiary/aromatic N) is 2. The number of halogens is 1. The molecule has 106 valence electrons. The van der Waals surface area contributed by atoms with Gasteiger partial charge >= 0.3 is 0 Å². The van der Waals surface area contributed by atoms with Gasteiger partial charge in [0.05, 0.1) is 11.6 Å². The van der Waals surface area contributed by atoms with E-state index in [-0.39, 0.29) is 6.04 Å². The topological polar surface area (TPSA) is 63.8 Å². The van der Waals surface area contributed by atoms with E-state index in [1.807, 2.05) is 49.4 Å². The molecule has 3 rings (SSSR count). The average molecular weight is 299 g/mol. The summed E-state index contributed by atoms with van der Waals surface area (Å²) in [5.41, 5.74) is 8.42. The number of hydrogen-bond acceptors (Lipinski definition) is 4. The third-order valence-electron chi connectivity index (χ3n) is 3.38. The Kier molecular flexibility index (Phi) is 3.62. The number of aromatic nitrogens is 2. The zero-order valence-corrected chi connectivity index (χ0v) is 12.3. The lowest BCUT2D eigenvalue weighted by Gasteiger charge is -2.17. The summed E-state index contributed by atoms with van der Waals surface area (Å²) in [5, 5.41) is 5.01. The molecular formula is C16H15ClN4. The largest absolute Gasteiger partial charge is 0.399 e. The molecule has 4 nitrogen and oxygen atoms in total. The van der Waals surface area contributed by atoms with E-state index in [0.717, 1.165) is 27.3 Å². The minimum Gasteiger partial charge on any atom is -0.399 e. The van der Waals surface area contributed by atoms with E-state index in [9.17, 15) is 0 Å². The molecule has 0 amide bonds. The van der Waals surface area contributed by atoms with Gasteiger partial charge in [0.2, 0.25) is 0 Å². The normalized spacial score (nSPS) is 12.3. The van der Waals surface area contributed by atoms with Gasteiger partial charge in [-0.15, -0.1) is 0 Å². The Morgan fingerprint density at radius 3 is 2.76 bits per heavy atom. The Hall–Kier alpha value is -2.33. The third kappa shape index (κ3) is 2.76. The summed E-state index contributed by atoms with van der Waals surface area (Å²) in [4.78, 5) is 8.57. The minimum atomic E-state index is 0.0261. The fourth-order valence-corrected chi connectivity index (χ4v) is 2.60. The molecule has 1 atom stereocenters. The average Bonchev–Trinajstić information content (AvgIpc) is 2.48.